The van der Waals surface area contributed by atoms with Crippen molar-refractivity contribution in [3.05, 3.63) is 29.3 Å². The number of hydrogen-bond donors (Lipinski definition) is 1. The lowest BCUT2D eigenvalue weighted by atomic mass is 9.91. The van der Waals surface area contributed by atoms with Crippen molar-refractivity contribution in [2.24, 2.45) is 0 Å². The van der Waals surface area contributed by atoms with E-state index in [1.54, 1.807) is 0 Å². The number of fused-ring (bicyclic) bond motifs is 1. The van der Waals surface area contributed by atoms with Gasteiger partial charge >= 0.3 is 5.97 Å². The highest BCUT2D eigenvalue weighted by molar-refractivity contribution is 7.99. The first-order valence-electron chi connectivity index (χ1n) is 5.12. The molecule has 0 amide bonds. The van der Waals surface area contributed by atoms with Crippen LogP contribution < -0.4 is 0 Å². The summed E-state index contributed by atoms with van der Waals surface area (Å²) in [5.41, 5.74) is 2.50. The topological polar surface area (TPSA) is 37.3 Å². The number of benzene rings is 1. The summed E-state index contributed by atoms with van der Waals surface area (Å²) in [5.74, 6) is 0.550. The summed E-state index contributed by atoms with van der Waals surface area (Å²) in [5, 5.41) is 8.85. The fourth-order valence-electron chi connectivity index (χ4n) is 2.08. The lowest BCUT2D eigenvalue weighted by Gasteiger charge is -2.25. The number of aliphatic carboxylic acids is 1. The third-order valence-electron chi connectivity index (χ3n) is 2.82. The van der Waals surface area contributed by atoms with E-state index in [9.17, 15) is 4.79 Å². The molecule has 80 valence electrons. The molecule has 2 rings (SSSR count). The standard InChI is InChI=1S/C12H14O2S/c1-8-3-2-4-10-9(7-11(13)14)5-6-15-12(8)10/h2-4,9H,5-7H2,1H3,(H,13,14). The summed E-state index contributed by atoms with van der Waals surface area (Å²) in [7, 11) is 0. The molecular weight excluding hydrogens is 208 g/mol. The van der Waals surface area contributed by atoms with Gasteiger partial charge in [-0.1, -0.05) is 18.2 Å². The summed E-state index contributed by atoms with van der Waals surface area (Å²) >= 11 is 1.85. The molecule has 2 nitrogen and oxygen atoms in total. The molecular formula is C12H14O2S. The second kappa shape index (κ2) is 4.27. The smallest absolute Gasteiger partial charge is 0.303 e. The van der Waals surface area contributed by atoms with Crippen LogP contribution in [0.5, 0.6) is 0 Å². The van der Waals surface area contributed by atoms with Gasteiger partial charge < -0.3 is 5.11 Å². The fourth-order valence-corrected chi connectivity index (χ4v) is 3.38. The quantitative estimate of drug-likeness (QED) is 0.835. The van der Waals surface area contributed by atoms with E-state index in [0.717, 1.165) is 12.2 Å². The van der Waals surface area contributed by atoms with Gasteiger partial charge in [-0.25, -0.2) is 0 Å². The Balaban J connectivity index is 2.34. The molecule has 0 spiro atoms. The van der Waals surface area contributed by atoms with Crippen LogP contribution in [-0.4, -0.2) is 16.8 Å². The minimum Gasteiger partial charge on any atom is -0.481 e. The molecule has 0 fully saturated rings. The fraction of sp³-hybridized carbons (Fsp3) is 0.417. The predicted octanol–water partition coefficient (Wildman–Crippen LogP) is 3.05. The molecule has 1 aliphatic rings. The van der Waals surface area contributed by atoms with E-state index in [-0.39, 0.29) is 12.3 Å². The van der Waals surface area contributed by atoms with Crippen molar-refractivity contribution in [3.63, 3.8) is 0 Å². The average molecular weight is 222 g/mol. The van der Waals surface area contributed by atoms with E-state index >= 15 is 0 Å². The molecule has 1 aromatic carbocycles. The van der Waals surface area contributed by atoms with Gasteiger partial charge in [0.05, 0.1) is 6.42 Å². The lowest BCUT2D eigenvalue weighted by Crippen LogP contribution is -2.12. The molecule has 1 atom stereocenters. The molecule has 0 saturated carbocycles. The summed E-state index contributed by atoms with van der Waals surface area (Å²) in [4.78, 5) is 12.1. The Kier molecular flexibility index (Phi) is 3.00. The van der Waals surface area contributed by atoms with Gasteiger partial charge in [0.25, 0.3) is 0 Å². The van der Waals surface area contributed by atoms with Crippen LogP contribution in [0.3, 0.4) is 0 Å². The molecule has 0 saturated heterocycles. The van der Waals surface area contributed by atoms with Crippen molar-refractivity contribution in [2.45, 2.75) is 30.6 Å². The molecule has 0 radical (unpaired) electrons. The van der Waals surface area contributed by atoms with E-state index in [2.05, 4.69) is 19.1 Å². The first kappa shape index (κ1) is 10.6. The summed E-state index contributed by atoms with van der Waals surface area (Å²) in [6.45, 7) is 2.09. The number of carboxylic acid groups (broad SMARTS) is 1. The van der Waals surface area contributed by atoms with Gasteiger partial charge in [-0.15, -0.1) is 11.8 Å². The Bertz CT molecular complexity index is 387. The maximum Gasteiger partial charge on any atom is 0.303 e. The molecule has 3 heteroatoms. The second-order valence-corrected chi connectivity index (χ2v) is 5.03. The van der Waals surface area contributed by atoms with E-state index in [4.69, 9.17) is 5.11 Å². The van der Waals surface area contributed by atoms with Crippen molar-refractivity contribution in [2.75, 3.05) is 5.75 Å². The lowest BCUT2D eigenvalue weighted by molar-refractivity contribution is -0.137. The molecule has 1 N–H and O–H groups in total. The average Bonchev–Trinajstić information content (AvgIpc) is 2.19. The molecule has 0 aromatic heterocycles. The zero-order valence-electron chi connectivity index (χ0n) is 8.69. The first-order chi connectivity index (χ1) is 7.18. The van der Waals surface area contributed by atoms with Gasteiger partial charge in [-0.05, 0) is 36.1 Å². The molecule has 1 aliphatic heterocycles. The number of aryl methyl sites for hydroxylation is 1. The Labute approximate surface area is 93.7 Å². The van der Waals surface area contributed by atoms with Crippen molar-refractivity contribution in [1.82, 2.24) is 0 Å². The largest absolute Gasteiger partial charge is 0.481 e. The summed E-state index contributed by atoms with van der Waals surface area (Å²) < 4.78 is 0. The van der Waals surface area contributed by atoms with Crippen LogP contribution in [0.25, 0.3) is 0 Å². The third kappa shape index (κ3) is 2.17. The van der Waals surface area contributed by atoms with Crippen LogP contribution >= 0.6 is 11.8 Å². The van der Waals surface area contributed by atoms with Crippen LogP contribution in [0, 0.1) is 6.92 Å². The zero-order valence-corrected chi connectivity index (χ0v) is 9.51. The second-order valence-electron chi connectivity index (χ2n) is 3.93. The highest BCUT2D eigenvalue weighted by atomic mass is 32.2. The minimum absolute atomic E-state index is 0.207. The van der Waals surface area contributed by atoms with Crippen LogP contribution in [0.1, 0.15) is 29.9 Å². The maximum absolute atomic E-state index is 10.8. The zero-order chi connectivity index (χ0) is 10.8. The highest BCUT2D eigenvalue weighted by Crippen LogP contribution is 2.40. The molecule has 15 heavy (non-hydrogen) atoms. The Morgan fingerprint density at radius 3 is 3.13 bits per heavy atom. The molecule has 0 bridgehead atoms. The van der Waals surface area contributed by atoms with Gasteiger partial charge in [0, 0.05) is 4.90 Å². The number of hydrogen-bond acceptors (Lipinski definition) is 2. The van der Waals surface area contributed by atoms with E-state index in [0.29, 0.717) is 0 Å². The Morgan fingerprint density at radius 2 is 2.40 bits per heavy atom. The maximum atomic E-state index is 10.8. The van der Waals surface area contributed by atoms with Gasteiger partial charge in [0.2, 0.25) is 0 Å². The van der Waals surface area contributed by atoms with Crippen molar-refractivity contribution in [3.8, 4) is 0 Å². The van der Waals surface area contributed by atoms with Crippen LogP contribution in [0.2, 0.25) is 0 Å². The van der Waals surface area contributed by atoms with E-state index < -0.39 is 5.97 Å². The highest BCUT2D eigenvalue weighted by Gasteiger charge is 2.23. The van der Waals surface area contributed by atoms with Crippen molar-refractivity contribution < 1.29 is 9.90 Å². The molecule has 0 aliphatic carbocycles. The van der Waals surface area contributed by atoms with Gasteiger partial charge in [0.1, 0.15) is 0 Å². The summed E-state index contributed by atoms with van der Waals surface area (Å²) in [6.07, 6.45) is 1.24. The number of carboxylic acids is 1. The third-order valence-corrected chi connectivity index (χ3v) is 4.10. The summed E-state index contributed by atoms with van der Waals surface area (Å²) in [6, 6.07) is 6.19. The first-order valence-corrected chi connectivity index (χ1v) is 6.11. The van der Waals surface area contributed by atoms with Gasteiger partial charge in [0.15, 0.2) is 0 Å². The number of carbonyl (C=O) groups is 1. The van der Waals surface area contributed by atoms with Crippen LogP contribution in [0.4, 0.5) is 0 Å². The van der Waals surface area contributed by atoms with E-state index in [1.807, 2.05) is 17.8 Å². The number of rotatable bonds is 2. The predicted molar refractivity (Wildman–Crippen MR) is 61.5 cm³/mol. The number of thioether (sulfide) groups is 1. The Morgan fingerprint density at radius 1 is 1.60 bits per heavy atom. The van der Waals surface area contributed by atoms with Crippen LogP contribution in [0.15, 0.2) is 23.1 Å². The van der Waals surface area contributed by atoms with Crippen LogP contribution in [-0.2, 0) is 4.79 Å². The van der Waals surface area contributed by atoms with Gasteiger partial charge in [-0.2, -0.15) is 0 Å². The molecule has 1 heterocycles. The van der Waals surface area contributed by atoms with Crippen molar-refractivity contribution >= 4 is 17.7 Å². The SMILES string of the molecule is Cc1cccc2c1SCCC2CC(=O)O. The Hall–Kier alpha value is -0.960. The van der Waals surface area contributed by atoms with Gasteiger partial charge in [-0.3, -0.25) is 4.79 Å². The molecule has 1 aromatic rings. The monoisotopic (exact) mass is 222 g/mol. The molecule has 1 unspecified atom stereocenters. The normalized spacial score (nSPS) is 19.7. The van der Waals surface area contributed by atoms with E-state index in [1.165, 1.54) is 16.0 Å². The minimum atomic E-state index is -0.695. The van der Waals surface area contributed by atoms with Crippen molar-refractivity contribution in [1.29, 1.82) is 0 Å².